The number of hydrogen-bond acceptors (Lipinski definition) is 13. The van der Waals surface area contributed by atoms with Gasteiger partial charge in [0.15, 0.2) is 18.5 Å². The molecule has 0 aromatic carbocycles. The molecule has 18 nitrogen and oxygen atoms in total. The smallest absolute Gasteiger partial charge is 0.303 e. The molecule has 2 rings (SSSR count). The summed E-state index contributed by atoms with van der Waals surface area (Å²) >= 11 is 0. The zero-order valence-corrected chi connectivity index (χ0v) is 28.4. The number of likely N-dealkylation sites (tertiary alicyclic amines) is 1. The maximum absolute atomic E-state index is 14.0. The van der Waals surface area contributed by atoms with Crippen LogP contribution in [0.15, 0.2) is 0 Å². The first-order valence-electron chi connectivity index (χ1n) is 15.6. The number of amides is 5. The molecule has 0 radical (unpaired) electrons. The van der Waals surface area contributed by atoms with Gasteiger partial charge in [-0.1, -0.05) is 13.8 Å². The van der Waals surface area contributed by atoms with E-state index < -0.39 is 115 Å². The SMILES string of the molecule is CC(=O)N[C@H]1[C@@H](O[C@H](C)[C@H](NC(=O)[C@@H](NC(C)=O)C(C)C)C(=O)N2CCC[C@H]2C(N)=O)O[C@H](COC(C)=O)[C@H](OC(C)=O)[C@@H]1OC(C)=O. The van der Waals surface area contributed by atoms with Crippen LogP contribution in [0.1, 0.15) is 68.2 Å². The van der Waals surface area contributed by atoms with Crippen molar-refractivity contribution < 1.29 is 62.0 Å². The number of hydrogen-bond donors (Lipinski definition) is 4. The molecule has 0 spiro atoms. The maximum atomic E-state index is 14.0. The Kier molecular flexibility index (Phi) is 14.7. The molecule has 0 unspecified atom stereocenters. The number of ether oxygens (including phenoxy) is 5. The van der Waals surface area contributed by atoms with E-state index in [-0.39, 0.29) is 6.54 Å². The molecular formula is C30H47N5O13. The van der Waals surface area contributed by atoms with Crippen molar-refractivity contribution in [3.8, 4) is 0 Å². The average molecular weight is 686 g/mol. The van der Waals surface area contributed by atoms with Crippen LogP contribution in [0, 0.1) is 5.92 Å². The minimum atomic E-state index is -1.56. The van der Waals surface area contributed by atoms with Crippen molar-refractivity contribution >= 4 is 47.4 Å². The Morgan fingerprint density at radius 1 is 0.833 bits per heavy atom. The van der Waals surface area contributed by atoms with Crippen LogP contribution in [0.3, 0.4) is 0 Å². The normalized spacial score (nSPS) is 25.6. The van der Waals surface area contributed by atoms with Crippen LogP contribution in [0.5, 0.6) is 0 Å². The van der Waals surface area contributed by atoms with Gasteiger partial charge in [0.1, 0.15) is 36.9 Å². The van der Waals surface area contributed by atoms with Gasteiger partial charge in [0, 0.05) is 41.2 Å². The zero-order chi connectivity index (χ0) is 36.5. The molecule has 48 heavy (non-hydrogen) atoms. The molecule has 270 valence electrons. The highest BCUT2D eigenvalue weighted by atomic mass is 16.7. The van der Waals surface area contributed by atoms with E-state index in [0.717, 1.165) is 27.7 Å². The Morgan fingerprint density at radius 3 is 1.94 bits per heavy atom. The number of esters is 3. The molecule has 0 aromatic heterocycles. The number of nitrogens with one attached hydrogen (secondary N) is 3. The minimum absolute atomic E-state index is 0.155. The first-order valence-corrected chi connectivity index (χ1v) is 15.6. The molecule has 5 amide bonds. The first-order chi connectivity index (χ1) is 22.3. The van der Waals surface area contributed by atoms with Crippen molar-refractivity contribution in [3.63, 3.8) is 0 Å². The van der Waals surface area contributed by atoms with Gasteiger partial charge in [0.2, 0.25) is 29.5 Å². The molecule has 2 saturated heterocycles. The Bertz CT molecular complexity index is 1240. The van der Waals surface area contributed by atoms with E-state index in [9.17, 15) is 38.4 Å². The van der Waals surface area contributed by atoms with Gasteiger partial charge < -0.3 is 50.3 Å². The lowest BCUT2D eigenvalue weighted by Gasteiger charge is -2.46. The summed E-state index contributed by atoms with van der Waals surface area (Å²) in [7, 11) is 0. The number of nitrogens with two attached hydrogens (primary N) is 1. The van der Waals surface area contributed by atoms with E-state index in [0.29, 0.717) is 12.8 Å². The van der Waals surface area contributed by atoms with E-state index >= 15 is 0 Å². The second-order valence-electron chi connectivity index (χ2n) is 12.1. The Labute approximate surface area is 278 Å². The lowest BCUT2D eigenvalue weighted by atomic mass is 9.95. The van der Waals surface area contributed by atoms with E-state index in [1.165, 1.54) is 18.7 Å². The molecule has 0 saturated carbocycles. The van der Waals surface area contributed by atoms with Crippen molar-refractivity contribution in [1.29, 1.82) is 0 Å². The van der Waals surface area contributed by atoms with Gasteiger partial charge in [-0.15, -0.1) is 0 Å². The topological polar surface area (TPSA) is 248 Å². The van der Waals surface area contributed by atoms with Crippen LogP contribution in [0.2, 0.25) is 0 Å². The van der Waals surface area contributed by atoms with Gasteiger partial charge in [0.25, 0.3) is 0 Å². The van der Waals surface area contributed by atoms with Crippen molar-refractivity contribution in [3.05, 3.63) is 0 Å². The molecule has 2 fully saturated rings. The van der Waals surface area contributed by atoms with Gasteiger partial charge >= 0.3 is 17.9 Å². The van der Waals surface area contributed by atoms with Crippen LogP contribution < -0.4 is 21.7 Å². The van der Waals surface area contributed by atoms with Gasteiger partial charge in [0.05, 0.1) is 6.10 Å². The summed E-state index contributed by atoms with van der Waals surface area (Å²) < 4.78 is 28.2. The van der Waals surface area contributed by atoms with Crippen molar-refractivity contribution in [2.24, 2.45) is 11.7 Å². The molecule has 9 atom stereocenters. The van der Waals surface area contributed by atoms with E-state index in [2.05, 4.69) is 16.0 Å². The quantitative estimate of drug-likeness (QED) is 0.116. The van der Waals surface area contributed by atoms with E-state index in [1.807, 2.05) is 0 Å². The number of carbonyl (C=O) groups is 8. The number of carbonyl (C=O) groups excluding carboxylic acids is 8. The van der Waals surface area contributed by atoms with Crippen LogP contribution in [-0.4, -0.2) is 120 Å². The number of rotatable bonds is 14. The highest BCUT2D eigenvalue weighted by Gasteiger charge is 2.52. The van der Waals surface area contributed by atoms with Crippen LogP contribution in [0.25, 0.3) is 0 Å². The van der Waals surface area contributed by atoms with E-state index in [4.69, 9.17) is 29.4 Å². The maximum Gasteiger partial charge on any atom is 0.303 e. The Hall–Kier alpha value is -4.32. The third kappa shape index (κ3) is 11.1. The number of primary amides is 1. The predicted molar refractivity (Wildman–Crippen MR) is 163 cm³/mol. The Morgan fingerprint density at radius 2 is 1.44 bits per heavy atom. The molecular weight excluding hydrogens is 638 g/mol. The molecule has 5 N–H and O–H groups in total. The highest BCUT2D eigenvalue weighted by Crippen LogP contribution is 2.29. The third-order valence-electron chi connectivity index (χ3n) is 7.63. The molecule has 0 aromatic rings. The van der Waals surface area contributed by atoms with Crippen molar-refractivity contribution in [1.82, 2.24) is 20.9 Å². The van der Waals surface area contributed by atoms with Gasteiger partial charge in [-0.2, -0.15) is 0 Å². The summed E-state index contributed by atoms with van der Waals surface area (Å²) in [4.78, 5) is 101. The lowest BCUT2D eigenvalue weighted by molar-refractivity contribution is -0.287. The fraction of sp³-hybridized carbons (Fsp3) is 0.733. The number of nitrogens with zero attached hydrogens (tertiary/aromatic N) is 1. The van der Waals surface area contributed by atoms with E-state index in [1.54, 1.807) is 13.8 Å². The van der Waals surface area contributed by atoms with Gasteiger partial charge in [-0.05, 0) is 25.7 Å². The second kappa shape index (κ2) is 17.7. The van der Waals surface area contributed by atoms with Crippen LogP contribution in [0.4, 0.5) is 0 Å². The minimum Gasteiger partial charge on any atom is -0.463 e. The standard InChI is InChI=1S/C30H47N5O13/c1-13(2)22(32-15(4)36)28(42)34-23(29(43)35-11-9-10-20(35)27(31)41)14(3)45-30-24(33-16(5)37)26(47-19(8)40)25(46-18(7)39)21(48-30)12-44-17(6)38/h13-14,20-26,30H,9-12H2,1-8H3,(H2,31,41)(H,32,36)(H,33,37)(H,34,42)/t14-,20+,21-,22+,23+,24-,25+,26-,30+/m1/s1. The fourth-order valence-corrected chi connectivity index (χ4v) is 5.58. The average Bonchev–Trinajstić information content (AvgIpc) is 3.46. The Balaban J connectivity index is 2.59. The molecule has 2 aliphatic rings. The lowest BCUT2D eigenvalue weighted by Crippen LogP contribution is -2.68. The second-order valence-corrected chi connectivity index (χ2v) is 12.1. The largest absolute Gasteiger partial charge is 0.463 e. The highest BCUT2D eigenvalue weighted by molar-refractivity contribution is 5.94. The summed E-state index contributed by atoms with van der Waals surface area (Å²) in [6, 6.07) is -4.87. The summed E-state index contributed by atoms with van der Waals surface area (Å²) in [6.45, 7) is 10.1. The van der Waals surface area contributed by atoms with Crippen LogP contribution >= 0.6 is 0 Å². The summed E-state index contributed by atoms with van der Waals surface area (Å²) in [5.41, 5.74) is 5.56. The monoisotopic (exact) mass is 685 g/mol. The fourth-order valence-electron chi connectivity index (χ4n) is 5.58. The molecule has 0 bridgehead atoms. The zero-order valence-electron chi connectivity index (χ0n) is 28.4. The van der Waals surface area contributed by atoms with Crippen molar-refractivity contribution in [2.75, 3.05) is 13.2 Å². The molecule has 2 aliphatic heterocycles. The summed E-state index contributed by atoms with van der Waals surface area (Å²) in [6.07, 6.45) is -6.21. The summed E-state index contributed by atoms with van der Waals surface area (Å²) in [5, 5.41) is 7.74. The van der Waals surface area contributed by atoms with Gasteiger partial charge in [-0.25, -0.2) is 0 Å². The molecule has 0 aliphatic carbocycles. The molecule has 2 heterocycles. The van der Waals surface area contributed by atoms with Gasteiger partial charge in [-0.3, -0.25) is 38.4 Å². The summed E-state index contributed by atoms with van der Waals surface area (Å²) in [5.74, 6) is -6.04. The molecule has 18 heteroatoms. The third-order valence-corrected chi connectivity index (χ3v) is 7.63. The first kappa shape index (κ1) is 39.9. The predicted octanol–water partition coefficient (Wildman–Crippen LogP) is -1.83. The van der Waals surface area contributed by atoms with Crippen LogP contribution in [-0.2, 0) is 62.0 Å². The van der Waals surface area contributed by atoms with Crippen molar-refractivity contribution in [2.45, 2.75) is 123 Å².